The molecule has 0 saturated heterocycles. The highest BCUT2D eigenvalue weighted by Crippen LogP contribution is 2.67. The Kier molecular flexibility index (Phi) is 3.82. The first kappa shape index (κ1) is 16.5. The van der Waals surface area contributed by atoms with Crippen molar-refractivity contribution in [1.29, 1.82) is 0 Å². The Bertz CT molecular complexity index is 591. The minimum absolute atomic E-state index is 0.207. The Balaban J connectivity index is 1.65. The normalized spacial score (nSPS) is 48.8. The molecule has 0 heterocycles. The number of rotatable bonds is 2. The molecule has 0 unspecified atom stereocenters. The van der Waals surface area contributed by atoms with Crippen LogP contribution in [0.4, 0.5) is 0 Å². The summed E-state index contributed by atoms with van der Waals surface area (Å²) in [7, 11) is 0. The fourth-order valence-electron chi connectivity index (χ4n) is 7.56. The van der Waals surface area contributed by atoms with Crippen molar-refractivity contribution in [3.63, 3.8) is 0 Å². The summed E-state index contributed by atoms with van der Waals surface area (Å²) in [6.07, 6.45) is 12.5. The third kappa shape index (κ3) is 2.14. The number of fused-ring (bicyclic) bond motifs is 5. The highest BCUT2D eigenvalue weighted by atomic mass is 16.1. The molecule has 7 atom stereocenters. The van der Waals surface area contributed by atoms with Gasteiger partial charge in [-0.05, 0) is 85.5 Å². The second kappa shape index (κ2) is 5.54. The third-order valence-electron chi connectivity index (χ3n) is 8.88. The molecule has 3 saturated carbocycles. The van der Waals surface area contributed by atoms with Crippen LogP contribution in [0, 0.1) is 40.4 Å². The van der Waals surface area contributed by atoms with Crippen molar-refractivity contribution in [3.05, 3.63) is 11.6 Å². The maximum absolute atomic E-state index is 11.9. The monoisotopic (exact) mass is 328 g/mol. The van der Waals surface area contributed by atoms with Gasteiger partial charge in [-0.3, -0.25) is 4.79 Å². The zero-order valence-electron chi connectivity index (χ0n) is 15.5. The first-order valence-corrected chi connectivity index (χ1v) is 10.1. The molecule has 0 aromatic rings. The van der Waals surface area contributed by atoms with Crippen LogP contribution in [0.2, 0.25) is 0 Å². The molecule has 3 fully saturated rings. The highest BCUT2D eigenvalue weighted by molar-refractivity contribution is 5.91. The smallest absolute Gasteiger partial charge is 0.155 e. The van der Waals surface area contributed by atoms with Gasteiger partial charge in [0.05, 0.1) is 0 Å². The average Bonchev–Trinajstić information content (AvgIpc) is 2.92. The van der Waals surface area contributed by atoms with E-state index < -0.39 is 0 Å². The van der Waals surface area contributed by atoms with Crippen molar-refractivity contribution in [1.82, 2.24) is 0 Å². The lowest BCUT2D eigenvalue weighted by Crippen LogP contribution is -2.51. The fraction of sp³-hybridized carbons (Fsp3) is 0.818. The van der Waals surface area contributed by atoms with Crippen LogP contribution in [0.15, 0.2) is 11.6 Å². The Morgan fingerprint density at radius 3 is 2.62 bits per heavy atom. The molecule has 0 aromatic heterocycles. The Morgan fingerprint density at radius 2 is 1.88 bits per heavy atom. The summed E-state index contributed by atoms with van der Waals surface area (Å²) in [5.74, 6) is 3.50. The van der Waals surface area contributed by atoms with E-state index in [9.17, 15) is 9.59 Å². The Morgan fingerprint density at radius 1 is 1.08 bits per heavy atom. The van der Waals surface area contributed by atoms with Crippen LogP contribution < -0.4 is 0 Å². The molecule has 4 rings (SSSR count). The van der Waals surface area contributed by atoms with Gasteiger partial charge in [0.1, 0.15) is 6.29 Å². The Labute approximate surface area is 146 Å². The lowest BCUT2D eigenvalue weighted by atomic mass is 9.46. The average molecular weight is 328 g/mol. The molecule has 2 heteroatoms. The summed E-state index contributed by atoms with van der Waals surface area (Å²) in [5.41, 5.74) is 2.09. The molecule has 0 aromatic carbocycles. The van der Waals surface area contributed by atoms with Crippen LogP contribution in [0.5, 0.6) is 0 Å². The molecule has 24 heavy (non-hydrogen) atoms. The first-order valence-electron chi connectivity index (χ1n) is 10.1. The van der Waals surface area contributed by atoms with Crippen molar-refractivity contribution in [2.45, 2.75) is 72.1 Å². The van der Waals surface area contributed by atoms with Gasteiger partial charge in [0.25, 0.3) is 0 Å². The van der Waals surface area contributed by atoms with Crippen molar-refractivity contribution in [2.24, 2.45) is 40.4 Å². The van der Waals surface area contributed by atoms with Crippen LogP contribution in [0.25, 0.3) is 0 Å². The van der Waals surface area contributed by atoms with E-state index in [1.54, 1.807) is 0 Å². The standard InChI is InChI=1S/C22H32O2/c1-14(13-23)18-6-7-19-17-5-4-15-12-16(24)8-10-21(15,2)20(17)9-11-22(18,19)3/h12-14,17-20H,4-11H2,1-3H3/t14-,17+,18-,19+,20-,21+,22-/m1/s1. The predicted molar refractivity (Wildman–Crippen MR) is 95.4 cm³/mol. The summed E-state index contributed by atoms with van der Waals surface area (Å²) in [6.45, 7) is 7.07. The number of aldehydes is 1. The summed E-state index contributed by atoms with van der Waals surface area (Å²) in [4.78, 5) is 23.3. The second-order valence-electron chi connectivity index (χ2n) is 9.69. The number of hydrogen-bond acceptors (Lipinski definition) is 2. The first-order chi connectivity index (χ1) is 11.4. The van der Waals surface area contributed by atoms with E-state index in [0.717, 1.165) is 37.0 Å². The van der Waals surface area contributed by atoms with Crippen LogP contribution in [-0.4, -0.2) is 12.1 Å². The molecular weight excluding hydrogens is 296 g/mol. The van der Waals surface area contributed by atoms with Crippen molar-refractivity contribution in [3.8, 4) is 0 Å². The van der Waals surface area contributed by atoms with Gasteiger partial charge in [-0.2, -0.15) is 0 Å². The number of allylic oxidation sites excluding steroid dienone is 1. The third-order valence-corrected chi connectivity index (χ3v) is 8.88. The van der Waals surface area contributed by atoms with E-state index in [4.69, 9.17) is 0 Å². The van der Waals surface area contributed by atoms with Gasteiger partial charge in [-0.25, -0.2) is 0 Å². The number of ketones is 1. The van der Waals surface area contributed by atoms with Gasteiger partial charge in [-0.1, -0.05) is 26.3 Å². The fourth-order valence-corrected chi connectivity index (χ4v) is 7.56. The summed E-state index contributed by atoms with van der Waals surface area (Å²) in [5, 5.41) is 0. The lowest BCUT2D eigenvalue weighted by Gasteiger charge is -2.58. The maximum Gasteiger partial charge on any atom is 0.155 e. The number of carbonyl (C=O) groups is 2. The summed E-state index contributed by atoms with van der Waals surface area (Å²) < 4.78 is 0. The van der Waals surface area contributed by atoms with E-state index in [2.05, 4.69) is 20.8 Å². The molecule has 132 valence electrons. The largest absolute Gasteiger partial charge is 0.303 e. The van der Waals surface area contributed by atoms with Crippen molar-refractivity contribution in [2.75, 3.05) is 0 Å². The molecule has 0 bridgehead atoms. The van der Waals surface area contributed by atoms with Gasteiger partial charge < -0.3 is 4.79 Å². The predicted octanol–water partition coefficient (Wildman–Crippen LogP) is 4.97. The van der Waals surface area contributed by atoms with E-state index >= 15 is 0 Å². The molecule has 0 N–H and O–H groups in total. The van der Waals surface area contributed by atoms with Gasteiger partial charge in [0, 0.05) is 12.3 Å². The summed E-state index contributed by atoms with van der Waals surface area (Å²) >= 11 is 0. The van der Waals surface area contributed by atoms with Crippen molar-refractivity contribution < 1.29 is 9.59 Å². The zero-order chi connectivity index (χ0) is 17.1. The van der Waals surface area contributed by atoms with Crippen LogP contribution in [0.1, 0.15) is 72.1 Å². The molecule has 0 spiro atoms. The molecule has 0 amide bonds. The molecule has 4 aliphatic rings. The van der Waals surface area contributed by atoms with Crippen LogP contribution in [-0.2, 0) is 9.59 Å². The molecule has 0 aliphatic heterocycles. The minimum atomic E-state index is 0.207. The minimum Gasteiger partial charge on any atom is -0.303 e. The van der Waals surface area contributed by atoms with Gasteiger partial charge in [0.2, 0.25) is 0 Å². The molecular formula is C22H32O2. The van der Waals surface area contributed by atoms with E-state index in [0.29, 0.717) is 17.1 Å². The zero-order valence-corrected chi connectivity index (χ0v) is 15.5. The van der Waals surface area contributed by atoms with E-state index in [-0.39, 0.29) is 11.3 Å². The number of carbonyl (C=O) groups excluding carboxylic acids is 2. The van der Waals surface area contributed by atoms with Crippen LogP contribution in [0.3, 0.4) is 0 Å². The highest BCUT2D eigenvalue weighted by Gasteiger charge is 2.59. The molecule has 2 nitrogen and oxygen atoms in total. The number of hydrogen-bond donors (Lipinski definition) is 0. The maximum atomic E-state index is 11.9. The lowest BCUT2D eigenvalue weighted by molar-refractivity contribution is -0.118. The molecule has 4 aliphatic carbocycles. The summed E-state index contributed by atoms with van der Waals surface area (Å²) in [6, 6.07) is 0. The van der Waals surface area contributed by atoms with Gasteiger partial charge >= 0.3 is 0 Å². The van der Waals surface area contributed by atoms with Gasteiger partial charge in [0.15, 0.2) is 5.78 Å². The topological polar surface area (TPSA) is 34.1 Å². The Hall–Kier alpha value is -0.920. The second-order valence-corrected chi connectivity index (χ2v) is 9.69. The van der Waals surface area contributed by atoms with Gasteiger partial charge in [-0.15, -0.1) is 0 Å². The van der Waals surface area contributed by atoms with Crippen molar-refractivity contribution >= 4 is 12.1 Å². The quantitative estimate of drug-likeness (QED) is 0.671. The van der Waals surface area contributed by atoms with Crippen LogP contribution >= 0.6 is 0 Å². The van der Waals surface area contributed by atoms with E-state index in [1.165, 1.54) is 44.0 Å². The van der Waals surface area contributed by atoms with E-state index in [1.807, 2.05) is 6.08 Å². The molecule has 0 radical (unpaired) electrons. The SMILES string of the molecule is C[C@H](C=O)[C@H]1CC[C@H]2[C@@H]3CCC4=CC(=O)CC[C@]4(C)[C@@H]3CC[C@]12C.